The fourth-order valence-corrected chi connectivity index (χ4v) is 2.72. The summed E-state index contributed by atoms with van der Waals surface area (Å²) in [5.74, 6) is 0.179. The molecule has 2 aromatic carbocycles. The van der Waals surface area contributed by atoms with Crippen LogP contribution in [0.1, 0.15) is 36.9 Å². The van der Waals surface area contributed by atoms with Gasteiger partial charge in [-0.25, -0.2) is 5.01 Å². The van der Waals surface area contributed by atoms with Crippen LogP contribution in [-0.2, 0) is 4.79 Å². The van der Waals surface area contributed by atoms with E-state index in [2.05, 4.69) is 5.10 Å². The van der Waals surface area contributed by atoms with E-state index in [9.17, 15) is 9.90 Å². The summed E-state index contributed by atoms with van der Waals surface area (Å²) >= 11 is 0. The third-order valence-electron chi connectivity index (χ3n) is 3.87. The molecule has 3 rings (SSSR count). The zero-order valence-electron chi connectivity index (χ0n) is 12.4. The highest BCUT2D eigenvalue weighted by Crippen LogP contribution is 2.34. The number of hydrogen-bond donors (Lipinski definition) is 1. The molecule has 0 aromatic heterocycles. The molecule has 1 atom stereocenters. The lowest BCUT2D eigenvalue weighted by molar-refractivity contribution is -0.132. The second kappa shape index (κ2) is 6.02. The van der Waals surface area contributed by atoms with Gasteiger partial charge < -0.3 is 5.11 Å². The highest BCUT2D eigenvalue weighted by atomic mass is 16.3. The zero-order chi connectivity index (χ0) is 15.5. The van der Waals surface area contributed by atoms with Gasteiger partial charge in [0, 0.05) is 18.4 Å². The minimum atomic E-state index is -0.108. The number of carbonyl (C=O) groups is 1. The van der Waals surface area contributed by atoms with E-state index < -0.39 is 0 Å². The fourth-order valence-electron chi connectivity index (χ4n) is 2.72. The summed E-state index contributed by atoms with van der Waals surface area (Å²) in [4.78, 5) is 12.2. The van der Waals surface area contributed by atoms with Crippen LogP contribution in [0.3, 0.4) is 0 Å². The molecule has 0 spiro atoms. The lowest BCUT2D eigenvalue weighted by Gasteiger charge is -2.21. The third kappa shape index (κ3) is 2.60. The monoisotopic (exact) mass is 294 g/mol. The average Bonchev–Trinajstić information content (AvgIpc) is 3.00. The smallest absolute Gasteiger partial charge is 0.242 e. The molecule has 0 bridgehead atoms. The average molecular weight is 294 g/mol. The van der Waals surface area contributed by atoms with E-state index in [1.807, 2.05) is 49.4 Å². The second-order valence-corrected chi connectivity index (χ2v) is 5.29. The number of phenolic OH excluding ortho intramolecular Hbond substituents is 1. The standard InChI is InChI=1S/C18H18N2O2/c1-2-18(22)20-16(13-8-4-3-5-9-13)12-15(19-20)14-10-6-7-11-17(14)21/h3-11,16,21H,2,12H2,1H3/t16-/m1/s1. The first kappa shape index (κ1) is 14.3. The molecule has 4 nitrogen and oxygen atoms in total. The quantitative estimate of drug-likeness (QED) is 0.942. The van der Waals surface area contributed by atoms with Gasteiger partial charge in [0.2, 0.25) is 5.91 Å². The van der Waals surface area contributed by atoms with Crippen molar-refractivity contribution in [2.24, 2.45) is 5.10 Å². The van der Waals surface area contributed by atoms with Crippen LogP contribution < -0.4 is 0 Å². The Balaban J connectivity index is 1.98. The van der Waals surface area contributed by atoms with Crippen molar-refractivity contribution in [1.29, 1.82) is 0 Å². The molecule has 22 heavy (non-hydrogen) atoms. The van der Waals surface area contributed by atoms with Gasteiger partial charge >= 0.3 is 0 Å². The second-order valence-electron chi connectivity index (χ2n) is 5.29. The van der Waals surface area contributed by atoms with Gasteiger partial charge in [-0.05, 0) is 17.7 Å². The largest absolute Gasteiger partial charge is 0.507 e. The lowest BCUT2D eigenvalue weighted by atomic mass is 9.98. The van der Waals surface area contributed by atoms with E-state index in [0.29, 0.717) is 18.4 Å². The van der Waals surface area contributed by atoms with Gasteiger partial charge in [-0.3, -0.25) is 4.79 Å². The van der Waals surface area contributed by atoms with E-state index in [0.717, 1.165) is 11.3 Å². The molecule has 0 saturated heterocycles. The van der Waals surface area contributed by atoms with Crippen LogP contribution in [0.25, 0.3) is 0 Å². The number of phenols is 1. The number of carbonyl (C=O) groups excluding carboxylic acids is 1. The molecule has 0 aliphatic carbocycles. The van der Waals surface area contributed by atoms with Crippen molar-refractivity contribution >= 4 is 11.6 Å². The van der Waals surface area contributed by atoms with Crippen LogP contribution >= 0.6 is 0 Å². The number of nitrogens with zero attached hydrogens (tertiary/aromatic N) is 2. The zero-order valence-corrected chi connectivity index (χ0v) is 12.4. The molecule has 0 unspecified atom stereocenters. The van der Waals surface area contributed by atoms with Crippen molar-refractivity contribution in [3.63, 3.8) is 0 Å². The highest BCUT2D eigenvalue weighted by Gasteiger charge is 2.32. The summed E-state index contributed by atoms with van der Waals surface area (Å²) < 4.78 is 0. The van der Waals surface area contributed by atoms with Gasteiger partial charge in [0.05, 0.1) is 11.8 Å². The molecule has 1 amide bonds. The van der Waals surface area contributed by atoms with Gasteiger partial charge in [0.1, 0.15) is 5.75 Å². The summed E-state index contributed by atoms with van der Waals surface area (Å²) in [6.45, 7) is 1.83. The van der Waals surface area contributed by atoms with Crippen molar-refractivity contribution in [2.75, 3.05) is 0 Å². The number of amides is 1. The van der Waals surface area contributed by atoms with Crippen molar-refractivity contribution in [2.45, 2.75) is 25.8 Å². The number of rotatable bonds is 3. The molecule has 112 valence electrons. The van der Waals surface area contributed by atoms with Crippen molar-refractivity contribution in [3.8, 4) is 5.75 Å². The molecule has 4 heteroatoms. The van der Waals surface area contributed by atoms with Crippen LogP contribution in [0.5, 0.6) is 5.75 Å². The molecule has 0 fully saturated rings. The number of hydrogen-bond acceptors (Lipinski definition) is 3. The SMILES string of the molecule is CCC(=O)N1N=C(c2ccccc2O)C[C@@H]1c1ccccc1. The summed E-state index contributed by atoms with van der Waals surface area (Å²) in [5.41, 5.74) is 2.49. The van der Waals surface area contributed by atoms with Crippen LogP contribution in [0.4, 0.5) is 0 Å². The van der Waals surface area contributed by atoms with Crippen LogP contribution in [0, 0.1) is 0 Å². The first-order valence-electron chi connectivity index (χ1n) is 7.43. The van der Waals surface area contributed by atoms with Gasteiger partial charge in [-0.1, -0.05) is 49.4 Å². The van der Waals surface area contributed by atoms with Crippen LogP contribution in [-0.4, -0.2) is 21.7 Å². The first-order valence-corrected chi connectivity index (χ1v) is 7.43. The third-order valence-corrected chi connectivity index (χ3v) is 3.87. The predicted octanol–water partition coefficient (Wildman–Crippen LogP) is 3.48. The van der Waals surface area contributed by atoms with Gasteiger partial charge in [0.25, 0.3) is 0 Å². The van der Waals surface area contributed by atoms with E-state index >= 15 is 0 Å². The fraction of sp³-hybridized carbons (Fsp3) is 0.222. The maximum absolute atomic E-state index is 12.2. The minimum absolute atomic E-state index is 0.0146. The van der Waals surface area contributed by atoms with Gasteiger partial charge in [-0.2, -0.15) is 5.10 Å². The number of para-hydroxylation sites is 1. The maximum Gasteiger partial charge on any atom is 0.242 e. The Hall–Kier alpha value is -2.62. The van der Waals surface area contributed by atoms with Crippen LogP contribution in [0.15, 0.2) is 59.7 Å². The molecule has 1 aliphatic heterocycles. The van der Waals surface area contributed by atoms with Crippen molar-refractivity contribution < 1.29 is 9.90 Å². The molecular formula is C18H18N2O2. The molecule has 1 heterocycles. The number of benzene rings is 2. The lowest BCUT2D eigenvalue weighted by Crippen LogP contribution is -2.26. The Bertz CT molecular complexity index is 710. The van der Waals surface area contributed by atoms with Crippen molar-refractivity contribution in [1.82, 2.24) is 5.01 Å². The molecular weight excluding hydrogens is 276 g/mol. The van der Waals surface area contributed by atoms with E-state index in [4.69, 9.17) is 0 Å². The number of hydrazone groups is 1. The Morgan fingerprint density at radius 3 is 2.55 bits per heavy atom. The summed E-state index contributed by atoms with van der Waals surface area (Å²) in [6, 6.07) is 16.9. The van der Waals surface area contributed by atoms with E-state index in [1.165, 1.54) is 0 Å². The molecule has 0 saturated carbocycles. The maximum atomic E-state index is 12.2. The summed E-state index contributed by atoms with van der Waals surface area (Å²) in [7, 11) is 0. The summed E-state index contributed by atoms with van der Waals surface area (Å²) in [5, 5.41) is 16.1. The van der Waals surface area contributed by atoms with E-state index in [1.54, 1.807) is 17.1 Å². The minimum Gasteiger partial charge on any atom is -0.507 e. The molecule has 2 aromatic rings. The van der Waals surface area contributed by atoms with Gasteiger partial charge in [-0.15, -0.1) is 0 Å². The highest BCUT2D eigenvalue weighted by molar-refractivity contribution is 6.05. The van der Waals surface area contributed by atoms with Crippen LogP contribution in [0.2, 0.25) is 0 Å². The Labute approximate surface area is 129 Å². The van der Waals surface area contributed by atoms with E-state index in [-0.39, 0.29) is 17.7 Å². The first-order chi connectivity index (χ1) is 10.7. The van der Waals surface area contributed by atoms with Gasteiger partial charge in [0.15, 0.2) is 0 Å². The molecule has 1 N–H and O–H groups in total. The number of aromatic hydroxyl groups is 1. The van der Waals surface area contributed by atoms with Crippen molar-refractivity contribution in [3.05, 3.63) is 65.7 Å². The molecule has 1 aliphatic rings. The Kier molecular flexibility index (Phi) is 3.92. The predicted molar refractivity (Wildman–Crippen MR) is 85.6 cm³/mol. The Morgan fingerprint density at radius 1 is 1.18 bits per heavy atom. The summed E-state index contributed by atoms with van der Waals surface area (Å²) in [6.07, 6.45) is 1.01. The molecule has 0 radical (unpaired) electrons. The topological polar surface area (TPSA) is 52.9 Å². The normalized spacial score (nSPS) is 17.4. The Morgan fingerprint density at radius 2 is 1.86 bits per heavy atom.